The Morgan fingerprint density at radius 3 is 2.51 bits per heavy atom. The number of methoxy groups -OCH3 is 1. The lowest BCUT2D eigenvalue weighted by molar-refractivity contribution is -0.144. The number of rotatable bonds is 6. The molecule has 2 aliphatic heterocycles. The maximum atomic E-state index is 13.1. The predicted molar refractivity (Wildman–Crippen MR) is 128 cm³/mol. The second-order valence-corrected chi connectivity index (χ2v) is 7.86. The summed E-state index contributed by atoms with van der Waals surface area (Å²) in [4.78, 5) is 54.0. The molecule has 0 radical (unpaired) electrons. The highest BCUT2D eigenvalue weighted by Crippen LogP contribution is 2.14. The number of nitrogens with one attached hydrogen (secondary N) is 3. The average molecular weight is 489 g/mol. The van der Waals surface area contributed by atoms with Crippen LogP contribution in [0.2, 0.25) is 0 Å². The summed E-state index contributed by atoms with van der Waals surface area (Å²) in [5, 5.41) is 7.88. The van der Waals surface area contributed by atoms with E-state index in [1.54, 1.807) is 30.3 Å². The number of aliphatic imine (C=N–C) groups is 1. The van der Waals surface area contributed by atoms with Gasteiger partial charge in [0.1, 0.15) is 30.5 Å². The van der Waals surface area contributed by atoms with Gasteiger partial charge >= 0.3 is 5.97 Å². The first-order chi connectivity index (χ1) is 16.7. The van der Waals surface area contributed by atoms with Crippen molar-refractivity contribution >= 4 is 29.7 Å². The number of benzene rings is 1. The van der Waals surface area contributed by atoms with Crippen LogP contribution in [0.1, 0.15) is 25.3 Å². The molecule has 0 saturated heterocycles. The molecule has 2 bridgehead atoms. The molecule has 1 aromatic carbocycles. The Balaban J connectivity index is 2.35. The highest BCUT2D eigenvalue weighted by Gasteiger charge is 2.29. The zero-order valence-electron chi connectivity index (χ0n) is 19.8. The smallest absolute Gasteiger partial charge is 0.332 e. The van der Waals surface area contributed by atoms with Gasteiger partial charge in [-0.05, 0) is 36.6 Å². The topological polar surface area (TPSA) is 187 Å². The van der Waals surface area contributed by atoms with Crippen molar-refractivity contribution < 1.29 is 28.7 Å². The predicted octanol–water partition coefficient (Wildman–Crippen LogP) is -1.12. The summed E-state index contributed by atoms with van der Waals surface area (Å²) in [7, 11) is 1.20. The summed E-state index contributed by atoms with van der Waals surface area (Å²) >= 11 is 0. The minimum absolute atomic E-state index is 0.0914. The Bertz CT molecular complexity index is 958. The van der Waals surface area contributed by atoms with E-state index in [0.29, 0.717) is 12.2 Å². The molecular weight excluding hydrogens is 456 g/mol. The highest BCUT2D eigenvalue weighted by atomic mass is 16.5. The van der Waals surface area contributed by atoms with E-state index in [4.69, 9.17) is 20.9 Å². The van der Waals surface area contributed by atoms with Crippen LogP contribution in [0.4, 0.5) is 0 Å². The van der Waals surface area contributed by atoms with Crippen LogP contribution in [-0.4, -0.2) is 68.0 Å². The fourth-order valence-corrected chi connectivity index (χ4v) is 3.36. The molecule has 0 fully saturated rings. The van der Waals surface area contributed by atoms with Gasteiger partial charge in [0.2, 0.25) is 17.7 Å². The number of esters is 1. The standard InChI is InChI=1S/C23H32N6O6/c1-14(30)27-19-13-15-7-9-16(10-8-15)35-12-4-6-18(22(33)34-2)29-20(31)17(28-21(19)32)5-3-11-26-23(24)25/h4,6-10,17-19H,3,5,11-13H2,1-2H3,(H,27,30)(H,28,32)(H,29,31)(H4,24,25,26)/b6-4+/t17-,18-,19-/m0/s1. The Hall–Kier alpha value is -4.09. The molecule has 7 N–H and O–H groups in total. The maximum Gasteiger partial charge on any atom is 0.332 e. The molecule has 1 aromatic rings. The second-order valence-electron chi connectivity index (χ2n) is 7.86. The first kappa shape index (κ1) is 27.2. The SMILES string of the molecule is COC(=O)[C@@H]1/C=C/COc2ccc(cc2)C[C@H](NC(C)=O)C(=O)N[C@@H](CCCN=C(N)N)C(=O)N1. The molecule has 0 aliphatic carbocycles. The molecular formula is C23H32N6O6. The van der Waals surface area contributed by atoms with Crippen LogP contribution in [0.15, 0.2) is 41.4 Å². The number of amides is 3. The van der Waals surface area contributed by atoms with Gasteiger partial charge in [-0.25, -0.2) is 4.79 Å². The molecule has 12 heteroatoms. The first-order valence-electron chi connectivity index (χ1n) is 11.1. The third-order valence-corrected chi connectivity index (χ3v) is 5.06. The molecule has 0 spiro atoms. The van der Waals surface area contributed by atoms with Gasteiger partial charge in [-0.15, -0.1) is 0 Å². The summed E-state index contributed by atoms with van der Waals surface area (Å²) in [6.07, 6.45) is 3.77. The number of guanidine groups is 1. The number of nitrogens with two attached hydrogens (primary N) is 2. The fourth-order valence-electron chi connectivity index (χ4n) is 3.36. The minimum atomic E-state index is -1.10. The summed E-state index contributed by atoms with van der Waals surface area (Å²) < 4.78 is 10.4. The molecule has 3 amide bonds. The number of fused-ring (bicyclic) bond motifs is 12. The van der Waals surface area contributed by atoms with Crippen molar-refractivity contribution in [1.29, 1.82) is 0 Å². The Morgan fingerprint density at radius 1 is 1.17 bits per heavy atom. The van der Waals surface area contributed by atoms with Gasteiger partial charge in [-0.1, -0.05) is 18.2 Å². The monoisotopic (exact) mass is 488 g/mol. The lowest BCUT2D eigenvalue weighted by atomic mass is 10.0. The van der Waals surface area contributed by atoms with Crippen LogP contribution < -0.4 is 32.2 Å². The van der Waals surface area contributed by atoms with Crippen molar-refractivity contribution in [3.05, 3.63) is 42.0 Å². The third kappa shape index (κ3) is 9.35. The van der Waals surface area contributed by atoms with Crippen molar-refractivity contribution in [3.8, 4) is 5.75 Å². The summed E-state index contributed by atoms with van der Waals surface area (Å²) in [6.45, 7) is 1.69. The van der Waals surface area contributed by atoms with Gasteiger partial charge in [0.25, 0.3) is 0 Å². The number of hydrogen-bond donors (Lipinski definition) is 5. The maximum absolute atomic E-state index is 13.1. The normalized spacial score (nSPS) is 21.6. The van der Waals surface area contributed by atoms with E-state index in [9.17, 15) is 19.2 Å². The van der Waals surface area contributed by atoms with E-state index in [1.807, 2.05) is 0 Å². The van der Waals surface area contributed by atoms with Crippen molar-refractivity contribution in [2.45, 2.75) is 44.3 Å². The van der Waals surface area contributed by atoms with E-state index in [0.717, 1.165) is 5.56 Å². The average Bonchev–Trinajstić information content (AvgIpc) is 2.81. The van der Waals surface area contributed by atoms with E-state index in [2.05, 4.69) is 20.9 Å². The lowest BCUT2D eigenvalue weighted by Gasteiger charge is -2.24. The summed E-state index contributed by atoms with van der Waals surface area (Å²) in [5.74, 6) is -1.77. The molecule has 35 heavy (non-hydrogen) atoms. The van der Waals surface area contributed by atoms with Crippen LogP contribution >= 0.6 is 0 Å². The third-order valence-electron chi connectivity index (χ3n) is 5.06. The molecule has 0 aromatic heterocycles. The second kappa shape index (κ2) is 13.6. The van der Waals surface area contributed by atoms with Crippen LogP contribution in [-0.2, 0) is 30.3 Å². The van der Waals surface area contributed by atoms with E-state index in [-0.39, 0.29) is 32.0 Å². The number of ether oxygens (including phenoxy) is 2. The largest absolute Gasteiger partial charge is 0.490 e. The van der Waals surface area contributed by atoms with Gasteiger partial charge in [0.05, 0.1) is 7.11 Å². The fraction of sp³-hybridized carbons (Fsp3) is 0.435. The molecule has 0 saturated carbocycles. The van der Waals surface area contributed by atoms with Gasteiger partial charge in [0.15, 0.2) is 5.96 Å². The lowest BCUT2D eigenvalue weighted by Crippen LogP contribution is -2.56. The number of nitrogens with zero attached hydrogens (tertiary/aromatic N) is 1. The molecule has 12 nitrogen and oxygen atoms in total. The number of hydrogen-bond acceptors (Lipinski definition) is 7. The molecule has 190 valence electrons. The molecule has 2 aliphatic rings. The van der Waals surface area contributed by atoms with Crippen molar-refractivity contribution in [2.75, 3.05) is 20.3 Å². The zero-order valence-corrected chi connectivity index (χ0v) is 19.8. The van der Waals surface area contributed by atoms with E-state index in [1.165, 1.54) is 20.1 Å². The van der Waals surface area contributed by atoms with Gasteiger partial charge in [0, 0.05) is 19.9 Å². The van der Waals surface area contributed by atoms with Crippen LogP contribution in [0, 0.1) is 0 Å². The van der Waals surface area contributed by atoms with Crippen molar-refractivity contribution in [3.63, 3.8) is 0 Å². The quantitative estimate of drug-likeness (QED) is 0.109. The van der Waals surface area contributed by atoms with Crippen molar-refractivity contribution in [2.24, 2.45) is 16.5 Å². The minimum Gasteiger partial charge on any atom is -0.490 e. The Kier molecular flexibility index (Phi) is 10.5. The van der Waals surface area contributed by atoms with Gasteiger partial charge in [-0.2, -0.15) is 0 Å². The molecule has 3 rings (SSSR count). The summed E-state index contributed by atoms with van der Waals surface area (Å²) in [6, 6.07) is 3.98. The molecule has 2 heterocycles. The zero-order chi connectivity index (χ0) is 25.8. The summed E-state index contributed by atoms with van der Waals surface area (Å²) in [5.41, 5.74) is 11.5. The van der Waals surface area contributed by atoms with E-state index >= 15 is 0 Å². The number of carbonyl (C=O) groups is 4. The highest BCUT2D eigenvalue weighted by molar-refractivity contribution is 5.93. The Labute approximate surface area is 203 Å². The molecule has 3 atom stereocenters. The van der Waals surface area contributed by atoms with Crippen LogP contribution in [0.3, 0.4) is 0 Å². The van der Waals surface area contributed by atoms with Crippen LogP contribution in [0.25, 0.3) is 0 Å². The first-order valence-corrected chi connectivity index (χ1v) is 11.1. The van der Waals surface area contributed by atoms with Crippen LogP contribution in [0.5, 0.6) is 5.75 Å². The molecule has 0 unspecified atom stereocenters. The van der Waals surface area contributed by atoms with Gasteiger partial charge in [-0.3, -0.25) is 19.4 Å². The number of carbonyl (C=O) groups excluding carboxylic acids is 4. The Morgan fingerprint density at radius 2 is 1.89 bits per heavy atom. The van der Waals surface area contributed by atoms with E-state index < -0.39 is 41.8 Å². The van der Waals surface area contributed by atoms with Crippen molar-refractivity contribution in [1.82, 2.24) is 16.0 Å². The van der Waals surface area contributed by atoms with Gasteiger partial charge < -0.3 is 36.9 Å².